The summed E-state index contributed by atoms with van der Waals surface area (Å²) in [6.45, 7) is 0.328. The van der Waals surface area contributed by atoms with E-state index < -0.39 is 28.7 Å². The number of carbonyl (C=O) groups is 1. The predicted octanol–water partition coefficient (Wildman–Crippen LogP) is 2.35. The summed E-state index contributed by atoms with van der Waals surface area (Å²) in [5.74, 6) is -4.00. The second-order valence-electron chi connectivity index (χ2n) is 4.91. The lowest BCUT2D eigenvalue weighted by molar-refractivity contribution is 0.0690. The molecular formula is C13H16F2N2O2. The molecule has 6 heteroatoms. The van der Waals surface area contributed by atoms with Gasteiger partial charge in [0.15, 0.2) is 11.6 Å². The maximum Gasteiger partial charge on any atom is 0.338 e. The maximum atomic E-state index is 13.8. The van der Waals surface area contributed by atoms with Gasteiger partial charge >= 0.3 is 5.97 Å². The fourth-order valence-corrected chi connectivity index (χ4v) is 2.53. The summed E-state index contributed by atoms with van der Waals surface area (Å²) in [6, 6.07) is 2.31. The van der Waals surface area contributed by atoms with E-state index in [1.807, 2.05) is 0 Å². The first-order chi connectivity index (χ1) is 8.99. The van der Waals surface area contributed by atoms with Crippen LogP contribution in [0, 0.1) is 11.6 Å². The Morgan fingerprint density at radius 1 is 1.32 bits per heavy atom. The van der Waals surface area contributed by atoms with Crippen molar-refractivity contribution in [1.82, 2.24) is 0 Å². The highest BCUT2D eigenvalue weighted by atomic mass is 19.2. The van der Waals surface area contributed by atoms with Gasteiger partial charge in [-0.15, -0.1) is 0 Å². The number of hydrogen-bond acceptors (Lipinski definition) is 3. The number of carboxylic acid groups (broad SMARTS) is 1. The predicted molar refractivity (Wildman–Crippen MR) is 67.2 cm³/mol. The highest BCUT2D eigenvalue weighted by molar-refractivity contribution is 5.88. The Morgan fingerprint density at radius 2 is 1.95 bits per heavy atom. The Labute approximate surface area is 109 Å². The molecule has 0 heterocycles. The number of benzene rings is 1. The largest absolute Gasteiger partial charge is 0.478 e. The second kappa shape index (κ2) is 5.13. The fraction of sp³-hybridized carbons (Fsp3) is 0.462. The van der Waals surface area contributed by atoms with E-state index in [1.165, 1.54) is 6.07 Å². The lowest BCUT2D eigenvalue weighted by Crippen LogP contribution is -2.43. The third-order valence-electron chi connectivity index (χ3n) is 3.66. The van der Waals surface area contributed by atoms with E-state index in [-0.39, 0.29) is 5.69 Å². The van der Waals surface area contributed by atoms with Gasteiger partial charge in [-0.2, -0.15) is 0 Å². The quantitative estimate of drug-likeness (QED) is 0.785. The minimum Gasteiger partial charge on any atom is -0.478 e. The molecule has 1 fully saturated rings. The molecule has 1 aliphatic carbocycles. The average molecular weight is 270 g/mol. The molecule has 4 N–H and O–H groups in total. The van der Waals surface area contributed by atoms with Crippen LogP contribution in [0.25, 0.3) is 0 Å². The summed E-state index contributed by atoms with van der Waals surface area (Å²) in [5.41, 5.74) is 4.59. The van der Waals surface area contributed by atoms with Crippen molar-refractivity contribution in [2.45, 2.75) is 31.2 Å². The minimum atomic E-state index is -1.49. The first-order valence-electron chi connectivity index (χ1n) is 6.19. The van der Waals surface area contributed by atoms with Gasteiger partial charge in [-0.1, -0.05) is 12.8 Å². The molecular weight excluding hydrogens is 254 g/mol. The summed E-state index contributed by atoms with van der Waals surface area (Å²) >= 11 is 0. The number of halogens is 2. The van der Waals surface area contributed by atoms with Crippen molar-refractivity contribution in [2.75, 3.05) is 11.9 Å². The number of nitrogens with two attached hydrogens (primary N) is 1. The van der Waals surface area contributed by atoms with Gasteiger partial charge in [0.2, 0.25) is 0 Å². The van der Waals surface area contributed by atoms with Crippen LogP contribution in [0.4, 0.5) is 14.5 Å². The Hall–Kier alpha value is -1.69. The molecule has 1 saturated carbocycles. The SMILES string of the molecule is NCC1(Nc2ccc(C(=O)O)c(F)c2F)CCCC1. The van der Waals surface area contributed by atoms with Crippen LogP contribution in [0.1, 0.15) is 36.0 Å². The number of nitrogens with one attached hydrogen (secondary N) is 1. The van der Waals surface area contributed by atoms with Gasteiger partial charge in [0, 0.05) is 12.1 Å². The summed E-state index contributed by atoms with van der Waals surface area (Å²) < 4.78 is 27.4. The van der Waals surface area contributed by atoms with Crippen LogP contribution in [-0.4, -0.2) is 23.2 Å². The fourth-order valence-electron chi connectivity index (χ4n) is 2.53. The molecule has 0 aliphatic heterocycles. The van der Waals surface area contributed by atoms with Gasteiger partial charge in [0.05, 0.1) is 11.3 Å². The van der Waals surface area contributed by atoms with Crippen LogP contribution in [0.3, 0.4) is 0 Å². The van der Waals surface area contributed by atoms with E-state index in [1.54, 1.807) is 0 Å². The van der Waals surface area contributed by atoms with Gasteiger partial charge in [-0.05, 0) is 25.0 Å². The monoisotopic (exact) mass is 270 g/mol. The number of hydrogen-bond donors (Lipinski definition) is 3. The molecule has 0 aromatic heterocycles. The molecule has 0 radical (unpaired) electrons. The van der Waals surface area contributed by atoms with E-state index >= 15 is 0 Å². The first-order valence-corrected chi connectivity index (χ1v) is 6.19. The van der Waals surface area contributed by atoms with Crippen molar-refractivity contribution in [3.63, 3.8) is 0 Å². The normalized spacial score (nSPS) is 17.4. The van der Waals surface area contributed by atoms with Crippen LogP contribution >= 0.6 is 0 Å². The molecule has 0 unspecified atom stereocenters. The molecule has 2 rings (SSSR count). The van der Waals surface area contributed by atoms with Gasteiger partial charge in [-0.3, -0.25) is 0 Å². The van der Waals surface area contributed by atoms with Gasteiger partial charge in [0.25, 0.3) is 0 Å². The van der Waals surface area contributed by atoms with E-state index in [0.717, 1.165) is 31.7 Å². The van der Waals surface area contributed by atoms with E-state index in [2.05, 4.69) is 5.32 Å². The van der Waals surface area contributed by atoms with Crippen molar-refractivity contribution >= 4 is 11.7 Å². The standard InChI is InChI=1S/C13H16F2N2O2/c14-10-8(12(18)19)3-4-9(11(10)15)17-13(7-16)5-1-2-6-13/h3-4,17H,1-2,5-7,16H2,(H,18,19). The number of carboxylic acids is 1. The zero-order chi connectivity index (χ0) is 14.0. The second-order valence-corrected chi connectivity index (χ2v) is 4.91. The van der Waals surface area contributed by atoms with Gasteiger partial charge < -0.3 is 16.2 Å². The summed E-state index contributed by atoms with van der Waals surface area (Å²) in [4.78, 5) is 10.7. The smallest absolute Gasteiger partial charge is 0.338 e. The molecule has 0 spiro atoms. The van der Waals surface area contributed by atoms with Gasteiger partial charge in [-0.25, -0.2) is 13.6 Å². The Balaban J connectivity index is 2.31. The Bertz CT molecular complexity index is 500. The summed E-state index contributed by atoms with van der Waals surface area (Å²) in [6.07, 6.45) is 3.57. The topological polar surface area (TPSA) is 75.3 Å². The highest BCUT2D eigenvalue weighted by Gasteiger charge is 2.33. The van der Waals surface area contributed by atoms with E-state index in [9.17, 15) is 13.6 Å². The molecule has 0 saturated heterocycles. The first kappa shape index (κ1) is 13.7. The van der Waals surface area contributed by atoms with Crippen LogP contribution in [0.15, 0.2) is 12.1 Å². The molecule has 104 valence electrons. The van der Waals surface area contributed by atoms with E-state index in [4.69, 9.17) is 10.8 Å². The molecule has 1 aromatic rings. The molecule has 0 amide bonds. The van der Waals surface area contributed by atoms with Crippen LogP contribution in [0.2, 0.25) is 0 Å². The zero-order valence-electron chi connectivity index (χ0n) is 10.4. The molecule has 0 atom stereocenters. The van der Waals surface area contributed by atoms with Crippen molar-refractivity contribution in [2.24, 2.45) is 5.73 Å². The molecule has 1 aromatic carbocycles. The lowest BCUT2D eigenvalue weighted by Gasteiger charge is -2.30. The van der Waals surface area contributed by atoms with Crippen LogP contribution < -0.4 is 11.1 Å². The molecule has 1 aliphatic rings. The third-order valence-corrected chi connectivity index (χ3v) is 3.66. The lowest BCUT2D eigenvalue weighted by atomic mass is 9.97. The van der Waals surface area contributed by atoms with Crippen LogP contribution in [0.5, 0.6) is 0 Å². The number of anilines is 1. The zero-order valence-corrected chi connectivity index (χ0v) is 10.4. The Morgan fingerprint density at radius 3 is 2.47 bits per heavy atom. The minimum absolute atomic E-state index is 0.0325. The Kier molecular flexibility index (Phi) is 3.71. The maximum absolute atomic E-state index is 13.8. The van der Waals surface area contributed by atoms with Crippen molar-refractivity contribution in [3.05, 3.63) is 29.3 Å². The molecule has 4 nitrogen and oxygen atoms in total. The van der Waals surface area contributed by atoms with Crippen molar-refractivity contribution in [1.29, 1.82) is 0 Å². The van der Waals surface area contributed by atoms with Crippen LogP contribution in [-0.2, 0) is 0 Å². The number of rotatable bonds is 4. The highest BCUT2D eigenvalue weighted by Crippen LogP contribution is 2.33. The van der Waals surface area contributed by atoms with Crippen molar-refractivity contribution < 1.29 is 18.7 Å². The van der Waals surface area contributed by atoms with Crippen molar-refractivity contribution in [3.8, 4) is 0 Å². The third kappa shape index (κ3) is 2.53. The van der Waals surface area contributed by atoms with Gasteiger partial charge in [0.1, 0.15) is 0 Å². The molecule has 0 bridgehead atoms. The summed E-state index contributed by atoms with van der Waals surface area (Å²) in [7, 11) is 0. The number of aromatic carboxylic acids is 1. The van der Waals surface area contributed by atoms with E-state index in [0.29, 0.717) is 6.54 Å². The average Bonchev–Trinajstić information content (AvgIpc) is 2.84. The molecule has 19 heavy (non-hydrogen) atoms. The summed E-state index contributed by atoms with van der Waals surface area (Å²) in [5, 5.41) is 11.7.